The maximum absolute atomic E-state index is 10.6. The van der Waals surface area contributed by atoms with Gasteiger partial charge in [-0.3, -0.25) is 0 Å². The molecule has 0 amide bonds. The molecule has 1 fully saturated rings. The van der Waals surface area contributed by atoms with Crippen LogP contribution >= 0.6 is 0 Å². The Morgan fingerprint density at radius 1 is 1.31 bits per heavy atom. The number of hydrogen-bond donors (Lipinski definition) is 1. The van der Waals surface area contributed by atoms with Gasteiger partial charge in [0.25, 0.3) is 0 Å². The van der Waals surface area contributed by atoms with E-state index >= 15 is 0 Å². The van der Waals surface area contributed by atoms with Crippen LogP contribution in [0, 0.1) is 11.3 Å². The van der Waals surface area contributed by atoms with Crippen LogP contribution in [0.15, 0.2) is 30.3 Å². The number of nitriles is 1. The summed E-state index contributed by atoms with van der Waals surface area (Å²) < 4.78 is 30.0. The molecule has 1 aliphatic heterocycles. The lowest BCUT2D eigenvalue weighted by Gasteiger charge is -2.32. The second kappa shape index (κ2) is 3.84. The van der Waals surface area contributed by atoms with Crippen LogP contribution in [-0.2, 0) is 25.3 Å². The van der Waals surface area contributed by atoms with Gasteiger partial charge in [-0.25, -0.2) is 5.32 Å². The average molecular weight is 240 g/mol. The Labute approximate surface area is 92.7 Å². The summed E-state index contributed by atoms with van der Waals surface area (Å²) in [7, 11) is -3.99. The Morgan fingerprint density at radius 3 is 2.44 bits per heavy atom. The molecule has 0 aromatic heterocycles. The lowest BCUT2D eigenvalue weighted by molar-refractivity contribution is -0.166. The first-order chi connectivity index (χ1) is 7.55. The fraction of sp³-hybridized carbons (Fsp3) is 0.222. The van der Waals surface area contributed by atoms with E-state index < -0.39 is 16.3 Å². The molecule has 0 saturated carbocycles. The molecular formula is C9H8N2O4S. The molecule has 1 aromatic rings. The van der Waals surface area contributed by atoms with Gasteiger partial charge in [-0.2, -0.15) is 22.0 Å². The molecule has 0 bridgehead atoms. The Morgan fingerprint density at radius 2 is 1.94 bits per heavy atom. The van der Waals surface area contributed by atoms with E-state index in [0.29, 0.717) is 0 Å². The van der Waals surface area contributed by atoms with Crippen molar-refractivity contribution in [3.05, 3.63) is 35.9 Å². The summed E-state index contributed by atoms with van der Waals surface area (Å²) in [4.78, 5) is 0. The molecule has 1 saturated heterocycles. The van der Waals surface area contributed by atoms with Crippen molar-refractivity contribution in [2.24, 2.45) is 0 Å². The van der Waals surface area contributed by atoms with Crippen LogP contribution in [0.1, 0.15) is 5.56 Å². The molecule has 0 unspecified atom stereocenters. The molecule has 16 heavy (non-hydrogen) atoms. The molecule has 1 N–H and O–H groups in total. The molecule has 1 heterocycles. The van der Waals surface area contributed by atoms with Gasteiger partial charge in [0.05, 0.1) is 0 Å². The maximum atomic E-state index is 10.6. The quantitative estimate of drug-likeness (QED) is 0.814. The molecule has 0 radical (unpaired) electrons. The third-order valence-corrected chi connectivity index (χ3v) is 2.83. The standard InChI is InChI=1S/C9H8N2O4S/c10-7-9(14-16(12,13)15-9)11-6-8-4-2-1-3-5-8/h1-5,11H,6H2. The van der Waals surface area contributed by atoms with Crippen LogP contribution in [0.3, 0.4) is 0 Å². The Hall–Kier alpha value is -1.46. The van der Waals surface area contributed by atoms with Crippen LogP contribution < -0.4 is 5.32 Å². The van der Waals surface area contributed by atoms with Crippen molar-refractivity contribution in [2.75, 3.05) is 0 Å². The van der Waals surface area contributed by atoms with E-state index in [4.69, 9.17) is 5.26 Å². The number of benzene rings is 1. The van der Waals surface area contributed by atoms with Gasteiger partial charge >= 0.3 is 16.3 Å². The second-order valence-electron chi connectivity index (χ2n) is 3.14. The maximum Gasteiger partial charge on any atom is 0.409 e. The molecular weight excluding hydrogens is 232 g/mol. The van der Waals surface area contributed by atoms with Crippen LogP contribution in [0.2, 0.25) is 0 Å². The van der Waals surface area contributed by atoms with Crippen LogP contribution in [0.4, 0.5) is 0 Å². The zero-order valence-electron chi connectivity index (χ0n) is 8.08. The lowest BCUT2D eigenvalue weighted by Crippen LogP contribution is -2.59. The van der Waals surface area contributed by atoms with E-state index in [1.165, 1.54) is 0 Å². The SMILES string of the molecule is N#CC1(NCc2ccccc2)OS(=O)(=O)O1. The van der Waals surface area contributed by atoms with E-state index in [1.54, 1.807) is 6.07 Å². The van der Waals surface area contributed by atoms with E-state index in [9.17, 15) is 8.42 Å². The molecule has 6 nitrogen and oxygen atoms in total. The van der Waals surface area contributed by atoms with Gasteiger partial charge in [-0.15, -0.1) is 0 Å². The normalized spacial score (nSPS) is 20.7. The number of nitrogens with zero attached hydrogens (tertiary/aromatic N) is 1. The molecule has 1 aliphatic rings. The highest BCUT2D eigenvalue weighted by atomic mass is 32.3. The Balaban J connectivity index is 1.99. The lowest BCUT2D eigenvalue weighted by atomic mass is 10.2. The van der Waals surface area contributed by atoms with Crippen molar-refractivity contribution in [3.63, 3.8) is 0 Å². The highest BCUT2D eigenvalue weighted by molar-refractivity contribution is 7.82. The summed E-state index contributed by atoms with van der Waals surface area (Å²) in [6.45, 7) is 0.268. The molecule has 0 atom stereocenters. The zero-order valence-corrected chi connectivity index (χ0v) is 8.90. The first kappa shape index (κ1) is 11.0. The third-order valence-electron chi connectivity index (χ3n) is 1.95. The molecule has 2 rings (SSSR count). The first-order valence-electron chi connectivity index (χ1n) is 4.42. The van der Waals surface area contributed by atoms with Crippen molar-refractivity contribution >= 4 is 10.4 Å². The summed E-state index contributed by atoms with van der Waals surface area (Å²) in [6, 6.07) is 10.8. The monoisotopic (exact) mass is 240 g/mol. The van der Waals surface area contributed by atoms with Crippen molar-refractivity contribution < 1.29 is 16.8 Å². The smallest absolute Gasteiger partial charge is 0.247 e. The highest BCUT2D eigenvalue weighted by Crippen LogP contribution is 2.27. The Bertz CT molecular complexity index is 508. The van der Waals surface area contributed by atoms with Gasteiger partial charge in [0, 0.05) is 6.54 Å². The summed E-state index contributed by atoms with van der Waals surface area (Å²) in [5.41, 5.74) is 0.883. The van der Waals surface area contributed by atoms with Gasteiger partial charge in [-0.1, -0.05) is 30.3 Å². The van der Waals surface area contributed by atoms with Crippen molar-refractivity contribution in [1.29, 1.82) is 5.26 Å². The highest BCUT2D eigenvalue weighted by Gasteiger charge is 2.53. The van der Waals surface area contributed by atoms with Crippen molar-refractivity contribution in [2.45, 2.75) is 12.5 Å². The molecule has 1 aromatic carbocycles. The fourth-order valence-electron chi connectivity index (χ4n) is 1.24. The Kier molecular flexibility index (Phi) is 2.65. The summed E-state index contributed by atoms with van der Waals surface area (Å²) in [6.07, 6.45) is 0. The van der Waals surface area contributed by atoms with Gasteiger partial charge < -0.3 is 0 Å². The molecule has 7 heteroatoms. The van der Waals surface area contributed by atoms with E-state index in [0.717, 1.165) is 5.56 Å². The number of nitrogens with one attached hydrogen (secondary N) is 1. The molecule has 0 aliphatic carbocycles. The van der Waals surface area contributed by atoms with E-state index in [-0.39, 0.29) is 6.54 Å². The van der Waals surface area contributed by atoms with Gasteiger partial charge in [-0.05, 0) is 5.56 Å². The molecule has 0 spiro atoms. The van der Waals surface area contributed by atoms with Crippen molar-refractivity contribution in [3.8, 4) is 6.07 Å². The molecule has 84 valence electrons. The van der Waals surface area contributed by atoms with Crippen LogP contribution in [-0.4, -0.2) is 14.3 Å². The largest absolute Gasteiger partial charge is 0.409 e. The fourth-order valence-corrected chi connectivity index (χ4v) is 2.02. The predicted molar refractivity (Wildman–Crippen MR) is 52.7 cm³/mol. The predicted octanol–water partition coefficient (Wildman–Crippen LogP) is 0.245. The number of rotatable bonds is 3. The van der Waals surface area contributed by atoms with E-state index in [2.05, 4.69) is 13.7 Å². The third kappa shape index (κ3) is 2.20. The van der Waals surface area contributed by atoms with Gasteiger partial charge in [0.2, 0.25) is 0 Å². The number of hydrogen-bond acceptors (Lipinski definition) is 6. The van der Waals surface area contributed by atoms with Gasteiger partial charge in [0.15, 0.2) is 0 Å². The van der Waals surface area contributed by atoms with E-state index in [1.807, 2.05) is 30.3 Å². The minimum Gasteiger partial charge on any atom is -0.247 e. The summed E-state index contributed by atoms with van der Waals surface area (Å²) in [5.74, 6) is -1.88. The van der Waals surface area contributed by atoms with Crippen LogP contribution in [0.5, 0.6) is 0 Å². The zero-order chi connectivity index (χ0) is 11.6. The van der Waals surface area contributed by atoms with Crippen LogP contribution in [0.25, 0.3) is 0 Å². The first-order valence-corrected chi connectivity index (χ1v) is 5.75. The summed E-state index contributed by atoms with van der Waals surface area (Å²) >= 11 is 0. The minimum absolute atomic E-state index is 0.268. The average Bonchev–Trinajstić information content (AvgIpc) is 2.24. The van der Waals surface area contributed by atoms with Crippen molar-refractivity contribution in [1.82, 2.24) is 5.32 Å². The topological polar surface area (TPSA) is 88.4 Å². The van der Waals surface area contributed by atoms with Gasteiger partial charge in [0.1, 0.15) is 6.07 Å². The summed E-state index contributed by atoms with van der Waals surface area (Å²) in [5, 5.41) is 11.3. The minimum atomic E-state index is -3.99. The second-order valence-corrected chi connectivity index (χ2v) is 4.29.